The number of benzene rings is 1. The van der Waals surface area contributed by atoms with Crippen LogP contribution in [-0.4, -0.2) is 54.6 Å². The van der Waals surface area contributed by atoms with Gasteiger partial charge in [0.05, 0.1) is 6.61 Å². The van der Waals surface area contributed by atoms with Crippen molar-refractivity contribution in [1.29, 1.82) is 0 Å². The van der Waals surface area contributed by atoms with E-state index in [-0.39, 0.29) is 5.91 Å². The molecule has 24 heavy (non-hydrogen) atoms. The van der Waals surface area contributed by atoms with Gasteiger partial charge in [0.15, 0.2) is 0 Å². The molecule has 3 fully saturated rings. The SMILES string of the molecule is O=C(c1ccc(CN(C[C@@H]2CCOC2)C2CC2)cc1)N1CCCC1. The average molecular weight is 328 g/mol. The Bertz CT molecular complexity index is 556. The van der Waals surface area contributed by atoms with Gasteiger partial charge in [-0.25, -0.2) is 0 Å². The first-order valence-corrected chi connectivity index (χ1v) is 9.49. The van der Waals surface area contributed by atoms with Gasteiger partial charge in [0.2, 0.25) is 0 Å². The van der Waals surface area contributed by atoms with Crippen LogP contribution in [0.5, 0.6) is 0 Å². The third-order valence-electron chi connectivity index (χ3n) is 5.56. The number of rotatable bonds is 6. The summed E-state index contributed by atoms with van der Waals surface area (Å²) in [5.74, 6) is 0.892. The van der Waals surface area contributed by atoms with E-state index >= 15 is 0 Å². The molecule has 1 aliphatic carbocycles. The fourth-order valence-corrected chi connectivity index (χ4v) is 3.93. The molecule has 0 spiro atoms. The van der Waals surface area contributed by atoms with E-state index in [2.05, 4.69) is 17.0 Å². The molecule has 1 aromatic rings. The fourth-order valence-electron chi connectivity index (χ4n) is 3.93. The summed E-state index contributed by atoms with van der Waals surface area (Å²) < 4.78 is 5.53. The number of nitrogens with zero attached hydrogens (tertiary/aromatic N) is 2. The van der Waals surface area contributed by atoms with E-state index in [4.69, 9.17) is 4.74 Å². The molecule has 3 aliphatic rings. The van der Waals surface area contributed by atoms with E-state index in [9.17, 15) is 4.79 Å². The van der Waals surface area contributed by atoms with E-state index in [1.165, 1.54) is 24.8 Å². The Morgan fingerprint density at radius 3 is 2.50 bits per heavy atom. The molecule has 2 aliphatic heterocycles. The molecule has 1 saturated carbocycles. The molecule has 2 heterocycles. The monoisotopic (exact) mass is 328 g/mol. The van der Waals surface area contributed by atoms with Crippen molar-refractivity contribution in [3.05, 3.63) is 35.4 Å². The molecular formula is C20H28N2O2. The largest absolute Gasteiger partial charge is 0.381 e. The molecule has 0 unspecified atom stereocenters. The van der Waals surface area contributed by atoms with Crippen LogP contribution in [0.1, 0.15) is 48.0 Å². The van der Waals surface area contributed by atoms with Crippen molar-refractivity contribution in [2.24, 2.45) is 5.92 Å². The Hall–Kier alpha value is -1.39. The van der Waals surface area contributed by atoms with Crippen molar-refractivity contribution in [3.8, 4) is 0 Å². The van der Waals surface area contributed by atoms with Gasteiger partial charge in [-0.1, -0.05) is 12.1 Å². The molecule has 130 valence electrons. The van der Waals surface area contributed by atoms with Gasteiger partial charge in [0, 0.05) is 44.4 Å². The highest BCUT2D eigenvalue weighted by Crippen LogP contribution is 2.30. The van der Waals surface area contributed by atoms with Gasteiger partial charge in [0.25, 0.3) is 5.91 Å². The molecule has 1 amide bonds. The number of amides is 1. The first kappa shape index (κ1) is 16.1. The molecule has 0 N–H and O–H groups in total. The molecule has 4 rings (SSSR count). The average Bonchev–Trinajstić information content (AvgIpc) is 3.09. The molecule has 1 aromatic carbocycles. The maximum absolute atomic E-state index is 12.4. The Morgan fingerprint density at radius 1 is 1.12 bits per heavy atom. The van der Waals surface area contributed by atoms with Crippen molar-refractivity contribution in [1.82, 2.24) is 9.80 Å². The maximum Gasteiger partial charge on any atom is 0.253 e. The zero-order valence-electron chi connectivity index (χ0n) is 14.5. The van der Waals surface area contributed by atoms with Crippen molar-refractivity contribution in [2.75, 3.05) is 32.8 Å². The number of likely N-dealkylation sites (tertiary alicyclic amines) is 1. The van der Waals surface area contributed by atoms with E-state index in [1.54, 1.807) is 0 Å². The number of ether oxygens (including phenoxy) is 1. The van der Waals surface area contributed by atoms with E-state index in [0.717, 1.165) is 63.8 Å². The number of hydrogen-bond donors (Lipinski definition) is 0. The molecule has 0 bridgehead atoms. The van der Waals surface area contributed by atoms with E-state index in [0.29, 0.717) is 5.92 Å². The summed E-state index contributed by atoms with van der Waals surface area (Å²) in [5, 5.41) is 0. The predicted octanol–water partition coefficient (Wildman–Crippen LogP) is 2.92. The van der Waals surface area contributed by atoms with Gasteiger partial charge in [-0.2, -0.15) is 0 Å². The Morgan fingerprint density at radius 2 is 1.88 bits per heavy atom. The summed E-state index contributed by atoms with van der Waals surface area (Å²) in [5.41, 5.74) is 2.15. The molecular weight excluding hydrogens is 300 g/mol. The summed E-state index contributed by atoms with van der Waals surface area (Å²) >= 11 is 0. The lowest BCUT2D eigenvalue weighted by atomic mass is 10.1. The van der Waals surface area contributed by atoms with Gasteiger partial charge >= 0.3 is 0 Å². The molecule has 0 aromatic heterocycles. The van der Waals surface area contributed by atoms with Crippen LogP contribution in [0.15, 0.2) is 24.3 Å². The minimum absolute atomic E-state index is 0.196. The summed E-state index contributed by atoms with van der Waals surface area (Å²) in [6.45, 7) is 5.83. The number of carbonyl (C=O) groups excluding carboxylic acids is 1. The summed E-state index contributed by atoms with van der Waals surface area (Å²) in [6.07, 6.45) is 6.15. The maximum atomic E-state index is 12.4. The first-order valence-electron chi connectivity index (χ1n) is 9.49. The van der Waals surface area contributed by atoms with Crippen LogP contribution in [0, 0.1) is 5.92 Å². The normalized spacial score (nSPS) is 24.0. The molecule has 2 saturated heterocycles. The predicted molar refractivity (Wildman–Crippen MR) is 93.9 cm³/mol. The molecule has 4 heteroatoms. The van der Waals surface area contributed by atoms with Gasteiger partial charge in [-0.05, 0) is 55.7 Å². The minimum atomic E-state index is 0.196. The molecule has 1 atom stereocenters. The second-order valence-electron chi connectivity index (χ2n) is 7.59. The van der Waals surface area contributed by atoms with E-state index < -0.39 is 0 Å². The second kappa shape index (κ2) is 7.24. The summed E-state index contributed by atoms with van der Waals surface area (Å²) in [7, 11) is 0. The van der Waals surface area contributed by atoms with Gasteiger partial charge in [0.1, 0.15) is 0 Å². The van der Waals surface area contributed by atoms with E-state index in [1.807, 2.05) is 17.0 Å². The number of carbonyl (C=O) groups is 1. The quantitative estimate of drug-likeness (QED) is 0.805. The van der Waals surface area contributed by atoms with Crippen LogP contribution in [0.2, 0.25) is 0 Å². The lowest BCUT2D eigenvalue weighted by Crippen LogP contribution is -2.31. The van der Waals surface area contributed by atoms with Crippen LogP contribution < -0.4 is 0 Å². The lowest BCUT2D eigenvalue weighted by molar-refractivity contribution is 0.0793. The zero-order valence-corrected chi connectivity index (χ0v) is 14.5. The van der Waals surface area contributed by atoms with Crippen molar-refractivity contribution in [3.63, 3.8) is 0 Å². The van der Waals surface area contributed by atoms with Crippen LogP contribution in [-0.2, 0) is 11.3 Å². The highest BCUT2D eigenvalue weighted by atomic mass is 16.5. The molecule has 4 nitrogen and oxygen atoms in total. The Kier molecular flexibility index (Phi) is 4.86. The highest BCUT2D eigenvalue weighted by Gasteiger charge is 2.31. The second-order valence-corrected chi connectivity index (χ2v) is 7.59. The topological polar surface area (TPSA) is 32.8 Å². The van der Waals surface area contributed by atoms with Crippen molar-refractivity contribution < 1.29 is 9.53 Å². The smallest absolute Gasteiger partial charge is 0.253 e. The third-order valence-corrected chi connectivity index (χ3v) is 5.56. The molecule has 0 radical (unpaired) electrons. The van der Waals surface area contributed by atoms with Gasteiger partial charge in [-0.3, -0.25) is 9.69 Å². The van der Waals surface area contributed by atoms with Crippen LogP contribution in [0.3, 0.4) is 0 Å². The van der Waals surface area contributed by atoms with Gasteiger partial charge in [-0.15, -0.1) is 0 Å². The standard InChI is InChI=1S/C20H28N2O2/c23-20(21-10-1-2-11-21)18-5-3-16(4-6-18)13-22(19-7-8-19)14-17-9-12-24-15-17/h3-6,17,19H,1-2,7-15H2/t17-/m0/s1. The summed E-state index contributed by atoms with van der Waals surface area (Å²) in [4.78, 5) is 17.0. The highest BCUT2D eigenvalue weighted by molar-refractivity contribution is 5.94. The van der Waals surface area contributed by atoms with Crippen molar-refractivity contribution >= 4 is 5.91 Å². The summed E-state index contributed by atoms with van der Waals surface area (Å²) in [6, 6.07) is 9.07. The minimum Gasteiger partial charge on any atom is -0.381 e. The fraction of sp³-hybridized carbons (Fsp3) is 0.650. The third kappa shape index (κ3) is 3.81. The van der Waals surface area contributed by atoms with Crippen LogP contribution in [0.4, 0.5) is 0 Å². The lowest BCUT2D eigenvalue weighted by Gasteiger charge is -2.25. The Labute approximate surface area is 144 Å². The van der Waals surface area contributed by atoms with Gasteiger partial charge < -0.3 is 9.64 Å². The Balaban J connectivity index is 1.37. The van der Waals surface area contributed by atoms with Crippen molar-refractivity contribution in [2.45, 2.75) is 44.7 Å². The first-order chi connectivity index (χ1) is 11.8. The number of hydrogen-bond acceptors (Lipinski definition) is 3. The van der Waals surface area contributed by atoms with Crippen LogP contribution in [0.25, 0.3) is 0 Å². The van der Waals surface area contributed by atoms with Crippen LogP contribution >= 0.6 is 0 Å². The zero-order chi connectivity index (χ0) is 16.4.